The van der Waals surface area contributed by atoms with Crippen molar-refractivity contribution in [2.24, 2.45) is 7.05 Å². The highest BCUT2D eigenvalue weighted by molar-refractivity contribution is 9.10. The first-order chi connectivity index (χ1) is 8.18. The minimum atomic E-state index is -0.149. The Morgan fingerprint density at radius 3 is 3.12 bits per heavy atom. The van der Waals surface area contributed by atoms with Crippen molar-refractivity contribution in [3.63, 3.8) is 0 Å². The molecule has 0 saturated carbocycles. The molecular formula is C10H11BrN4OS. The number of nitrogens with one attached hydrogen (secondary N) is 1. The van der Waals surface area contributed by atoms with E-state index < -0.39 is 0 Å². The third-order valence-electron chi connectivity index (χ3n) is 2.22. The number of thiazole rings is 1. The Bertz CT molecular complexity index is 552. The standard InChI is InChI=1S/C10H11BrN4OS/c1-15-10(16)9(11)7(6-14-15)12-3-2-8-13-4-5-17-8/h4-6,12H,2-3H2,1H3. The van der Waals surface area contributed by atoms with Crippen LogP contribution >= 0.6 is 27.3 Å². The summed E-state index contributed by atoms with van der Waals surface area (Å²) in [6.07, 6.45) is 4.25. The maximum atomic E-state index is 11.6. The van der Waals surface area contributed by atoms with E-state index in [0.717, 1.165) is 18.0 Å². The molecule has 0 aliphatic carbocycles. The van der Waals surface area contributed by atoms with E-state index in [4.69, 9.17) is 0 Å². The van der Waals surface area contributed by atoms with E-state index in [1.165, 1.54) is 4.68 Å². The maximum absolute atomic E-state index is 11.6. The van der Waals surface area contributed by atoms with E-state index in [-0.39, 0.29) is 5.56 Å². The first-order valence-electron chi connectivity index (χ1n) is 5.02. The van der Waals surface area contributed by atoms with Crippen molar-refractivity contribution < 1.29 is 0 Å². The van der Waals surface area contributed by atoms with Crippen LogP contribution in [-0.2, 0) is 13.5 Å². The average molecular weight is 315 g/mol. The second-order valence-electron chi connectivity index (χ2n) is 3.40. The SMILES string of the molecule is Cn1ncc(NCCc2nccs2)c(Br)c1=O. The van der Waals surface area contributed by atoms with Crippen LogP contribution in [0.1, 0.15) is 5.01 Å². The molecule has 5 nitrogen and oxygen atoms in total. The Balaban J connectivity index is 2.00. The minimum absolute atomic E-state index is 0.149. The first-order valence-corrected chi connectivity index (χ1v) is 6.70. The summed E-state index contributed by atoms with van der Waals surface area (Å²) in [4.78, 5) is 15.8. The number of halogens is 1. The van der Waals surface area contributed by atoms with Crippen molar-refractivity contribution in [2.45, 2.75) is 6.42 Å². The fraction of sp³-hybridized carbons (Fsp3) is 0.300. The Kier molecular flexibility index (Phi) is 3.90. The molecule has 0 radical (unpaired) electrons. The largest absolute Gasteiger partial charge is 0.382 e. The maximum Gasteiger partial charge on any atom is 0.282 e. The lowest BCUT2D eigenvalue weighted by Gasteiger charge is -2.07. The van der Waals surface area contributed by atoms with E-state index >= 15 is 0 Å². The number of rotatable bonds is 4. The molecule has 0 amide bonds. The zero-order chi connectivity index (χ0) is 12.3. The highest BCUT2D eigenvalue weighted by Crippen LogP contribution is 2.15. The van der Waals surface area contributed by atoms with Crippen LogP contribution in [-0.4, -0.2) is 21.3 Å². The molecule has 17 heavy (non-hydrogen) atoms. The Morgan fingerprint density at radius 2 is 2.41 bits per heavy atom. The molecule has 1 N–H and O–H groups in total. The fourth-order valence-electron chi connectivity index (χ4n) is 1.31. The Hall–Kier alpha value is -1.21. The average Bonchev–Trinajstić information content (AvgIpc) is 2.82. The molecule has 2 aromatic rings. The smallest absolute Gasteiger partial charge is 0.282 e. The highest BCUT2D eigenvalue weighted by atomic mass is 79.9. The lowest BCUT2D eigenvalue weighted by Crippen LogP contribution is -2.21. The van der Waals surface area contributed by atoms with Gasteiger partial charge in [-0.2, -0.15) is 5.10 Å². The van der Waals surface area contributed by atoms with Crippen molar-refractivity contribution in [2.75, 3.05) is 11.9 Å². The second-order valence-corrected chi connectivity index (χ2v) is 5.18. The van der Waals surface area contributed by atoms with Gasteiger partial charge in [0.05, 0.1) is 16.9 Å². The summed E-state index contributed by atoms with van der Waals surface area (Å²) in [7, 11) is 1.62. The summed E-state index contributed by atoms with van der Waals surface area (Å²) in [6, 6.07) is 0. The van der Waals surface area contributed by atoms with E-state index in [2.05, 4.69) is 31.3 Å². The van der Waals surface area contributed by atoms with Crippen molar-refractivity contribution in [3.8, 4) is 0 Å². The molecule has 0 saturated heterocycles. The van der Waals surface area contributed by atoms with Gasteiger partial charge in [0, 0.05) is 31.6 Å². The molecule has 0 aliphatic rings. The van der Waals surface area contributed by atoms with Gasteiger partial charge >= 0.3 is 0 Å². The molecule has 7 heteroatoms. The van der Waals surface area contributed by atoms with Crippen molar-refractivity contribution in [1.82, 2.24) is 14.8 Å². The number of hydrogen-bond donors (Lipinski definition) is 1. The van der Waals surface area contributed by atoms with Crippen molar-refractivity contribution >= 4 is 33.0 Å². The van der Waals surface area contributed by atoms with E-state index in [1.54, 1.807) is 30.8 Å². The van der Waals surface area contributed by atoms with Crippen molar-refractivity contribution in [1.29, 1.82) is 0 Å². The molecule has 0 aliphatic heterocycles. The Morgan fingerprint density at radius 1 is 1.59 bits per heavy atom. The zero-order valence-corrected chi connectivity index (χ0v) is 11.6. The molecule has 2 heterocycles. The molecule has 0 bridgehead atoms. The van der Waals surface area contributed by atoms with Crippen LogP contribution in [0, 0.1) is 0 Å². The predicted molar refractivity (Wildman–Crippen MR) is 71.5 cm³/mol. The van der Waals surface area contributed by atoms with Gasteiger partial charge < -0.3 is 5.32 Å². The molecule has 90 valence electrons. The van der Waals surface area contributed by atoms with Gasteiger partial charge in [0.2, 0.25) is 0 Å². The lowest BCUT2D eigenvalue weighted by atomic mass is 10.4. The number of hydrogen-bond acceptors (Lipinski definition) is 5. The van der Waals surface area contributed by atoms with Gasteiger partial charge in [0.25, 0.3) is 5.56 Å². The Labute approximate surface area is 111 Å². The van der Waals surface area contributed by atoms with E-state index in [1.807, 2.05) is 5.38 Å². The fourth-order valence-corrected chi connectivity index (χ4v) is 2.43. The van der Waals surface area contributed by atoms with Crippen LogP contribution in [0.4, 0.5) is 5.69 Å². The summed E-state index contributed by atoms with van der Waals surface area (Å²) in [5.74, 6) is 0. The molecule has 0 aromatic carbocycles. The highest BCUT2D eigenvalue weighted by Gasteiger charge is 2.06. The molecule has 0 unspecified atom stereocenters. The lowest BCUT2D eigenvalue weighted by molar-refractivity contribution is 0.703. The van der Waals surface area contributed by atoms with E-state index in [0.29, 0.717) is 10.2 Å². The molecule has 2 rings (SSSR count). The molecular weight excluding hydrogens is 304 g/mol. The summed E-state index contributed by atoms with van der Waals surface area (Å²) >= 11 is 4.88. The monoisotopic (exact) mass is 314 g/mol. The van der Waals surface area contributed by atoms with E-state index in [9.17, 15) is 4.79 Å². The number of nitrogens with zero attached hydrogens (tertiary/aromatic N) is 3. The van der Waals surface area contributed by atoms with Crippen LogP contribution in [0.2, 0.25) is 0 Å². The van der Waals surface area contributed by atoms with Gasteiger partial charge in [0.15, 0.2) is 0 Å². The summed E-state index contributed by atoms with van der Waals surface area (Å²) < 4.78 is 1.80. The third kappa shape index (κ3) is 2.92. The second kappa shape index (κ2) is 5.42. The van der Waals surface area contributed by atoms with Crippen molar-refractivity contribution in [3.05, 3.63) is 37.6 Å². The van der Waals surface area contributed by atoms with Gasteiger partial charge in [0.1, 0.15) is 4.47 Å². The normalized spacial score (nSPS) is 10.5. The summed E-state index contributed by atoms with van der Waals surface area (Å²) in [6.45, 7) is 0.723. The van der Waals surface area contributed by atoms with Crippen LogP contribution < -0.4 is 10.9 Å². The van der Waals surface area contributed by atoms with Gasteiger partial charge in [-0.25, -0.2) is 9.67 Å². The summed E-state index contributed by atoms with van der Waals surface area (Å²) in [5.41, 5.74) is 0.564. The van der Waals surface area contributed by atoms with Gasteiger partial charge in [-0.1, -0.05) is 0 Å². The first kappa shape index (κ1) is 12.3. The third-order valence-corrected chi connectivity index (χ3v) is 3.82. The number of anilines is 1. The molecule has 2 aromatic heterocycles. The topological polar surface area (TPSA) is 59.8 Å². The summed E-state index contributed by atoms with van der Waals surface area (Å²) in [5, 5.41) is 10.1. The van der Waals surface area contributed by atoms with Crippen LogP contribution in [0.15, 0.2) is 27.0 Å². The van der Waals surface area contributed by atoms with Crippen LogP contribution in [0.25, 0.3) is 0 Å². The van der Waals surface area contributed by atoms with Gasteiger partial charge in [-0.3, -0.25) is 4.79 Å². The van der Waals surface area contributed by atoms with Crippen LogP contribution in [0.5, 0.6) is 0 Å². The quantitative estimate of drug-likeness (QED) is 0.932. The number of aryl methyl sites for hydroxylation is 1. The molecule has 0 fully saturated rings. The predicted octanol–water partition coefficient (Wildman–Crippen LogP) is 1.65. The zero-order valence-electron chi connectivity index (χ0n) is 9.18. The number of aromatic nitrogens is 3. The van der Waals surface area contributed by atoms with Crippen LogP contribution in [0.3, 0.4) is 0 Å². The molecule has 0 atom stereocenters. The minimum Gasteiger partial charge on any atom is -0.382 e. The molecule has 0 spiro atoms. The van der Waals surface area contributed by atoms with Gasteiger partial charge in [-0.05, 0) is 15.9 Å². The van der Waals surface area contributed by atoms with Gasteiger partial charge in [-0.15, -0.1) is 11.3 Å².